The normalized spacial score (nSPS) is 11.5. The molecule has 0 atom stereocenters. The standard InChI is InChI=1S/C15H16F3N3O2S/c1-2-3-12-20-21-14(24-12)19-13(22)11-6-4-10(5-7-11)8-23-9-15(16,17)18/h4-7H,2-3,8-9H2,1H3,(H,19,21,22). The van der Waals surface area contributed by atoms with Gasteiger partial charge in [0, 0.05) is 12.0 Å². The van der Waals surface area contributed by atoms with Crippen LogP contribution in [0.25, 0.3) is 0 Å². The number of nitrogens with one attached hydrogen (secondary N) is 1. The van der Waals surface area contributed by atoms with Crippen molar-refractivity contribution >= 4 is 22.4 Å². The van der Waals surface area contributed by atoms with Gasteiger partial charge in [0.2, 0.25) is 5.13 Å². The minimum atomic E-state index is -4.35. The van der Waals surface area contributed by atoms with Gasteiger partial charge in [0.05, 0.1) is 6.61 Å². The maximum Gasteiger partial charge on any atom is 0.411 e. The zero-order chi connectivity index (χ0) is 17.6. The number of halogens is 3. The average Bonchev–Trinajstić information content (AvgIpc) is 2.94. The Morgan fingerprint density at radius 1 is 1.25 bits per heavy atom. The number of carbonyl (C=O) groups is 1. The lowest BCUT2D eigenvalue weighted by atomic mass is 10.1. The third-order valence-electron chi connectivity index (χ3n) is 2.90. The first-order valence-corrected chi connectivity index (χ1v) is 8.06. The van der Waals surface area contributed by atoms with Gasteiger partial charge < -0.3 is 4.74 Å². The van der Waals surface area contributed by atoms with Crippen molar-refractivity contribution in [3.05, 3.63) is 40.4 Å². The highest BCUT2D eigenvalue weighted by molar-refractivity contribution is 7.15. The van der Waals surface area contributed by atoms with E-state index in [0.29, 0.717) is 16.3 Å². The number of hydrogen-bond acceptors (Lipinski definition) is 5. The molecule has 1 aromatic heterocycles. The van der Waals surface area contributed by atoms with Gasteiger partial charge in [-0.3, -0.25) is 10.1 Å². The molecule has 9 heteroatoms. The largest absolute Gasteiger partial charge is 0.411 e. The monoisotopic (exact) mass is 359 g/mol. The Hall–Kier alpha value is -2.00. The summed E-state index contributed by atoms with van der Waals surface area (Å²) in [6, 6.07) is 6.15. The van der Waals surface area contributed by atoms with E-state index in [-0.39, 0.29) is 12.5 Å². The highest BCUT2D eigenvalue weighted by Crippen LogP contribution is 2.18. The van der Waals surface area contributed by atoms with Crippen molar-refractivity contribution in [1.82, 2.24) is 10.2 Å². The quantitative estimate of drug-likeness (QED) is 0.816. The van der Waals surface area contributed by atoms with Crippen LogP contribution >= 0.6 is 11.3 Å². The van der Waals surface area contributed by atoms with Crippen LogP contribution in [0.4, 0.5) is 18.3 Å². The number of nitrogens with zero attached hydrogens (tertiary/aromatic N) is 2. The molecule has 0 unspecified atom stereocenters. The molecule has 1 amide bonds. The Labute approximate surface area is 140 Å². The molecule has 0 aliphatic rings. The molecule has 0 radical (unpaired) electrons. The van der Waals surface area contributed by atoms with E-state index in [9.17, 15) is 18.0 Å². The molecule has 1 aromatic carbocycles. The fourth-order valence-corrected chi connectivity index (χ4v) is 2.66. The Morgan fingerprint density at radius 2 is 1.96 bits per heavy atom. The Bertz CT molecular complexity index is 671. The second-order valence-electron chi connectivity index (χ2n) is 5.01. The number of hydrogen-bond donors (Lipinski definition) is 1. The number of anilines is 1. The first-order valence-electron chi connectivity index (χ1n) is 7.24. The van der Waals surface area contributed by atoms with Crippen LogP contribution < -0.4 is 5.32 Å². The molecule has 1 N–H and O–H groups in total. The predicted octanol–water partition coefficient (Wildman–Crippen LogP) is 3.82. The Balaban J connectivity index is 1.88. The van der Waals surface area contributed by atoms with Crippen molar-refractivity contribution in [2.45, 2.75) is 32.5 Å². The van der Waals surface area contributed by atoms with Gasteiger partial charge in [-0.2, -0.15) is 13.2 Å². The van der Waals surface area contributed by atoms with Crippen molar-refractivity contribution in [2.24, 2.45) is 0 Å². The van der Waals surface area contributed by atoms with E-state index in [2.05, 4.69) is 20.3 Å². The summed E-state index contributed by atoms with van der Waals surface area (Å²) < 4.78 is 40.6. The van der Waals surface area contributed by atoms with Crippen molar-refractivity contribution in [3.63, 3.8) is 0 Å². The summed E-state index contributed by atoms with van der Waals surface area (Å²) in [5.74, 6) is -0.350. The zero-order valence-corrected chi connectivity index (χ0v) is 13.7. The summed E-state index contributed by atoms with van der Waals surface area (Å²) in [6.45, 7) is 0.560. The highest BCUT2D eigenvalue weighted by Gasteiger charge is 2.27. The van der Waals surface area contributed by atoms with E-state index >= 15 is 0 Å². The second-order valence-corrected chi connectivity index (χ2v) is 6.07. The van der Waals surface area contributed by atoms with Crippen LogP contribution in [0.1, 0.15) is 34.3 Å². The molecule has 1 heterocycles. The van der Waals surface area contributed by atoms with E-state index in [0.717, 1.165) is 17.8 Å². The van der Waals surface area contributed by atoms with Gasteiger partial charge in [-0.1, -0.05) is 30.4 Å². The lowest BCUT2D eigenvalue weighted by Gasteiger charge is -2.08. The van der Waals surface area contributed by atoms with Gasteiger partial charge in [-0.25, -0.2) is 0 Å². The van der Waals surface area contributed by atoms with Gasteiger partial charge >= 0.3 is 6.18 Å². The molecule has 0 saturated heterocycles. The lowest BCUT2D eigenvalue weighted by molar-refractivity contribution is -0.176. The van der Waals surface area contributed by atoms with Crippen LogP contribution in [0.2, 0.25) is 0 Å². The SMILES string of the molecule is CCCc1nnc(NC(=O)c2ccc(COCC(F)(F)F)cc2)s1. The van der Waals surface area contributed by atoms with Gasteiger partial charge in [-0.15, -0.1) is 10.2 Å². The molecule has 24 heavy (non-hydrogen) atoms. The molecular formula is C15H16F3N3O2S. The molecule has 2 rings (SSSR count). The second kappa shape index (κ2) is 8.20. The first kappa shape index (κ1) is 18.3. The molecule has 0 fully saturated rings. The summed E-state index contributed by atoms with van der Waals surface area (Å²) in [5, 5.41) is 11.8. The zero-order valence-electron chi connectivity index (χ0n) is 12.9. The average molecular weight is 359 g/mol. The summed E-state index contributed by atoms with van der Waals surface area (Å²) in [4.78, 5) is 12.1. The van der Waals surface area contributed by atoms with Crippen LogP contribution in [-0.4, -0.2) is 28.9 Å². The maximum atomic E-state index is 12.1. The van der Waals surface area contributed by atoms with Gasteiger partial charge in [-0.05, 0) is 24.1 Å². The minimum Gasteiger partial charge on any atom is -0.367 e. The van der Waals surface area contributed by atoms with E-state index in [1.807, 2.05) is 6.92 Å². The van der Waals surface area contributed by atoms with Crippen LogP contribution in [-0.2, 0) is 17.8 Å². The summed E-state index contributed by atoms with van der Waals surface area (Å²) in [6.07, 6.45) is -2.60. The number of ether oxygens (including phenoxy) is 1. The van der Waals surface area contributed by atoms with Crippen molar-refractivity contribution < 1.29 is 22.7 Å². The van der Waals surface area contributed by atoms with Crippen molar-refractivity contribution in [2.75, 3.05) is 11.9 Å². The number of amides is 1. The molecule has 0 saturated carbocycles. The molecule has 0 bridgehead atoms. The molecule has 2 aromatic rings. The van der Waals surface area contributed by atoms with Crippen LogP contribution in [0, 0.1) is 0 Å². The van der Waals surface area contributed by atoms with Crippen LogP contribution in [0.5, 0.6) is 0 Å². The molecule has 0 spiro atoms. The van der Waals surface area contributed by atoms with Crippen molar-refractivity contribution in [3.8, 4) is 0 Å². The van der Waals surface area contributed by atoms with Gasteiger partial charge in [0.1, 0.15) is 11.6 Å². The number of alkyl halides is 3. The molecular weight excluding hydrogens is 343 g/mol. The number of benzene rings is 1. The third kappa shape index (κ3) is 5.89. The number of rotatable bonds is 7. The van der Waals surface area contributed by atoms with Gasteiger partial charge in [0.15, 0.2) is 0 Å². The highest BCUT2D eigenvalue weighted by atomic mass is 32.1. The van der Waals surface area contributed by atoms with Crippen molar-refractivity contribution in [1.29, 1.82) is 0 Å². The number of aryl methyl sites for hydroxylation is 1. The Kier molecular flexibility index (Phi) is 6.27. The Morgan fingerprint density at radius 3 is 2.58 bits per heavy atom. The van der Waals surface area contributed by atoms with E-state index < -0.39 is 12.8 Å². The summed E-state index contributed by atoms with van der Waals surface area (Å²) in [7, 11) is 0. The van der Waals surface area contributed by atoms with E-state index in [1.165, 1.54) is 23.5 Å². The van der Waals surface area contributed by atoms with Gasteiger partial charge in [0.25, 0.3) is 5.91 Å². The van der Waals surface area contributed by atoms with E-state index in [4.69, 9.17) is 0 Å². The summed E-state index contributed by atoms with van der Waals surface area (Å²) in [5.41, 5.74) is 0.929. The predicted molar refractivity (Wildman–Crippen MR) is 84.0 cm³/mol. The molecule has 0 aliphatic carbocycles. The van der Waals surface area contributed by atoms with Crippen LogP contribution in [0.3, 0.4) is 0 Å². The molecule has 5 nitrogen and oxygen atoms in total. The molecule has 0 aliphatic heterocycles. The first-order chi connectivity index (χ1) is 11.4. The summed E-state index contributed by atoms with van der Waals surface area (Å²) >= 11 is 1.32. The number of carbonyl (C=O) groups excluding carboxylic acids is 1. The topological polar surface area (TPSA) is 64.1 Å². The third-order valence-corrected chi connectivity index (χ3v) is 3.80. The maximum absolute atomic E-state index is 12.1. The fraction of sp³-hybridized carbons (Fsp3) is 0.400. The fourth-order valence-electron chi connectivity index (χ4n) is 1.83. The van der Waals surface area contributed by atoms with Crippen LogP contribution in [0.15, 0.2) is 24.3 Å². The van der Waals surface area contributed by atoms with E-state index in [1.54, 1.807) is 12.1 Å². The smallest absolute Gasteiger partial charge is 0.367 e. The molecule has 130 valence electrons. The lowest BCUT2D eigenvalue weighted by Crippen LogP contribution is -2.16. The number of aromatic nitrogens is 2. The minimum absolute atomic E-state index is 0.168.